The Hall–Kier alpha value is -0.930. The minimum absolute atomic E-state index is 0.638. The zero-order valence-corrected chi connectivity index (χ0v) is 9.50. The van der Waals surface area contributed by atoms with Crippen LogP contribution < -0.4 is 10.6 Å². The summed E-state index contributed by atoms with van der Waals surface area (Å²) in [5.41, 5.74) is 6.51. The molecule has 1 aromatic rings. The first-order valence-corrected chi connectivity index (χ1v) is 5.83. The Morgan fingerprint density at radius 3 is 3.13 bits per heavy atom. The molecule has 2 heterocycles. The molecule has 3 heteroatoms. The minimum atomic E-state index is 0.638. The van der Waals surface area contributed by atoms with Crippen molar-refractivity contribution in [1.29, 1.82) is 0 Å². The molecule has 1 aliphatic rings. The summed E-state index contributed by atoms with van der Waals surface area (Å²) in [4.78, 5) is 6.19. The molecule has 2 atom stereocenters. The second-order valence-electron chi connectivity index (χ2n) is 4.66. The van der Waals surface area contributed by atoms with Gasteiger partial charge in [0.2, 0.25) is 0 Å². The van der Waals surface area contributed by atoms with Gasteiger partial charge in [0.1, 0.15) is 19.1 Å². The molecule has 2 unspecified atom stereocenters. The third kappa shape index (κ3) is 3.01. The number of likely N-dealkylation sites (tertiary alicyclic amines) is 1. The van der Waals surface area contributed by atoms with E-state index in [2.05, 4.69) is 35.8 Å². The van der Waals surface area contributed by atoms with Gasteiger partial charge in [-0.05, 0) is 19.1 Å². The van der Waals surface area contributed by atoms with E-state index in [1.54, 1.807) is 4.90 Å². The molecule has 82 valence electrons. The van der Waals surface area contributed by atoms with Crippen LogP contribution in [-0.4, -0.2) is 24.1 Å². The highest BCUT2D eigenvalue weighted by Gasteiger charge is 2.22. The first kappa shape index (κ1) is 10.6. The topological polar surface area (TPSA) is 45.0 Å². The number of aromatic nitrogens is 1. The Labute approximate surface area is 91.3 Å². The van der Waals surface area contributed by atoms with Gasteiger partial charge in [-0.3, -0.25) is 4.98 Å². The molecule has 0 aromatic carbocycles. The summed E-state index contributed by atoms with van der Waals surface area (Å²) in [5.74, 6) is 0. The van der Waals surface area contributed by atoms with Crippen LogP contribution in [0.3, 0.4) is 0 Å². The number of nitrogens with zero attached hydrogens (tertiary/aromatic N) is 1. The van der Waals surface area contributed by atoms with E-state index in [0.717, 1.165) is 12.2 Å². The highest BCUT2D eigenvalue weighted by molar-refractivity contribution is 5.08. The monoisotopic (exact) mass is 207 g/mol. The molecule has 4 N–H and O–H groups in total. The molecule has 2 rings (SSSR count). The maximum absolute atomic E-state index is 4.55. The fourth-order valence-corrected chi connectivity index (χ4v) is 2.37. The Morgan fingerprint density at radius 2 is 2.40 bits per heavy atom. The van der Waals surface area contributed by atoms with Crippen molar-refractivity contribution in [2.24, 2.45) is 0 Å². The Morgan fingerprint density at radius 1 is 1.53 bits per heavy atom. The lowest BCUT2D eigenvalue weighted by molar-refractivity contribution is -0.929. The van der Waals surface area contributed by atoms with Crippen molar-refractivity contribution < 1.29 is 10.6 Å². The number of nitrogens with one attached hydrogen (secondary N) is 1. The van der Waals surface area contributed by atoms with Gasteiger partial charge in [-0.1, -0.05) is 6.07 Å². The maximum atomic E-state index is 4.55. The zero-order valence-electron chi connectivity index (χ0n) is 9.50. The van der Waals surface area contributed by atoms with Gasteiger partial charge in [0.15, 0.2) is 0 Å². The quantitative estimate of drug-likeness (QED) is 0.654. The van der Waals surface area contributed by atoms with Crippen LogP contribution in [0, 0.1) is 6.92 Å². The summed E-state index contributed by atoms with van der Waals surface area (Å²) in [6.45, 7) is 5.60. The summed E-state index contributed by atoms with van der Waals surface area (Å²) < 4.78 is 0. The molecule has 0 bridgehead atoms. The smallest absolute Gasteiger partial charge is 0.134 e. The average molecular weight is 207 g/mol. The molecule has 0 saturated carbocycles. The Kier molecular flexibility index (Phi) is 3.34. The van der Waals surface area contributed by atoms with Gasteiger partial charge >= 0.3 is 0 Å². The third-order valence-corrected chi connectivity index (χ3v) is 3.10. The van der Waals surface area contributed by atoms with E-state index in [-0.39, 0.29) is 0 Å². The van der Waals surface area contributed by atoms with E-state index < -0.39 is 0 Å². The molecule has 3 nitrogen and oxygen atoms in total. The predicted molar refractivity (Wildman–Crippen MR) is 59.3 cm³/mol. The molecule has 0 spiro atoms. The van der Waals surface area contributed by atoms with Gasteiger partial charge in [0.05, 0.1) is 12.2 Å². The second kappa shape index (κ2) is 4.73. The van der Waals surface area contributed by atoms with Crippen LogP contribution in [0.15, 0.2) is 18.2 Å². The average Bonchev–Trinajstić information content (AvgIpc) is 2.17. The number of rotatable bonds is 2. The van der Waals surface area contributed by atoms with Gasteiger partial charge in [-0.25, -0.2) is 0 Å². The van der Waals surface area contributed by atoms with Crippen molar-refractivity contribution in [3.8, 4) is 0 Å². The van der Waals surface area contributed by atoms with Crippen LogP contribution in [0.25, 0.3) is 0 Å². The number of piperidine rings is 1. The molecule has 1 aromatic heterocycles. The maximum Gasteiger partial charge on any atom is 0.134 e. The number of pyridine rings is 1. The van der Waals surface area contributed by atoms with Gasteiger partial charge < -0.3 is 10.6 Å². The highest BCUT2D eigenvalue weighted by Crippen LogP contribution is 1.98. The van der Waals surface area contributed by atoms with E-state index in [1.807, 2.05) is 0 Å². The number of hydrogen-bond acceptors (Lipinski definition) is 1. The molecular weight excluding hydrogens is 186 g/mol. The standard InChI is InChI=1S/C12H19N3/c1-10-4-2-6-12(14-10)9-15-7-3-5-11(13)8-15/h2,4,6,11H,3,5,7-9,13H2,1H3/p+2. The first-order valence-electron chi connectivity index (χ1n) is 5.83. The summed E-state index contributed by atoms with van der Waals surface area (Å²) in [6.07, 6.45) is 2.61. The van der Waals surface area contributed by atoms with Crippen LogP contribution in [-0.2, 0) is 6.54 Å². The van der Waals surface area contributed by atoms with E-state index >= 15 is 0 Å². The van der Waals surface area contributed by atoms with Crippen molar-refractivity contribution >= 4 is 0 Å². The molecular formula is C12H21N3+2. The first-order chi connectivity index (χ1) is 7.24. The van der Waals surface area contributed by atoms with E-state index in [0.29, 0.717) is 6.04 Å². The summed E-state index contributed by atoms with van der Waals surface area (Å²) >= 11 is 0. The SMILES string of the molecule is Cc1cccc(C[NH+]2CCCC([NH3+])C2)n1. The molecule has 0 aliphatic carbocycles. The van der Waals surface area contributed by atoms with E-state index in [1.165, 1.54) is 31.6 Å². The highest BCUT2D eigenvalue weighted by atomic mass is 15.1. The molecule has 0 radical (unpaired) electrons. The fraction of sp³-hybridized carbons (Fsp3) is 0.583. The lowest BCUT2D eigenvalue weighted by Gasteiger charge is -2.25. The van der Waals surface area contributed by atoms with Crippen molar-refractivity contribution in [2.75, 3.05) is 13.1 Å². The molecule has 15 heavy (non-hydrogen) atoms. The number of quaternary nitrogens is 2. The molecule has 0 amide bonds. The molecule has 1 fully saturated rings. The van der Waals surface area contributed by atoms with Gasteiger partial charge in [0.25, 0.3) is 0 Å². The lowest BCUT2D eigenvalue weighted by Crippen LogP contribution is -3.14. The van der Waals surface area contributed by atoms with Crippen LogP contribution in [0.2, 0.25) is 0 Å². The van der Waals surface area contributed by atoms with Crippen LogP contribution in [0.1, 0.15) is 24.2 Å². The molecule has 1 saturated heterocycles. The second-order valence-corrected chi connectivity index (χ2v) is 4.66. The van der Waals surface area contributed by atoms with Crippen molar-refractivity contribution in [2.45, 2.75) is 32.4 Å². The Bertz CT molecular complexity index is 324. The van der Waals surface area contributed by atoms with Crippen LogP contribution in [0.4, 0.5) is 0 Å². The zero-order chi connectivity index (χ0) is 10.7. The van der Waals surface area contributed by atoms with Gasteiger partial charge in [-0.2, -0.15) is 0 Å². The number of hydrogen-bond donors (Lipinski definition) is 2. The summed E-state index contributed by atoms with van der Waals surface area (Å²) in [6, 6.07) is 6.92. The van der Waals surface area contributed by atoms with Crippen molar-refractivity contribution in [1.82, 2.24) is 4.98 Å². The summed E-state index contributed by atoms with van der Waals surface area (Å²) in [5, 5.41) is 0. The largest absolute Gasteiger partial charge is 0.350 e. The van der Waals surface area contributed by atoms with E-state index in [9.17, 15) is 0 Å². The van der Waals surface area contributed by atoms with E-state index in [4.69, 9.17) is 0 Å². The molecule has 1 aliphatic heterocycles. The fourth-order valence-electron chi connectivity index (χ4n) is 2.37. The lowest BCUT2D eigenvalue weighted by atomic mass is 10.1. The van der Waals surface area contributed by atoms with Gasteiger partial charge in [0, 0.05) is 18.5 Å². The number of aryl methyl sites for hydroxylation is 1. The van der Waals surface area contributed by atoms with Crippen molar-refractivity contribution in [3.05, 3.63) is 29.6 Å². The van der Waals surface area contributed by atoms with Crippen molar-refractivity contribution in [3.63, 3.8) is 0 Å². The minimum Gasteiger partial charge on any atom is -0.350 e. The van der Waals surface area contributed by atoms with Crippen LogP contribution in [0.5, 0.6) is 0 Å². The normalized spacial score (nSPS) is 26.5. The van der Waals surface area contributed by atoms with Crippen LogP contribution >= 0.6 is 0 Å². The third-order valence-electron chi connectivity index (χ3n) is 3.10. The Balaban J connectivity index is 1.96. The predicted octanol–water partition coefficient (Wildman–Crippen LogP) is -0.821. The van der Waals surface area contributed by atoms with Gasteiger partial charge in [-0.15, -0.1) is 0 Å². The summed E-state index contributed by atoms with van der Waals surface area (Å²) in [7, 11) is 0.